The van der Waals surface area contributed by atoms with Crippen LogP contribution in [-0.2, 0) is 12.0 Å². The molecule has 0 bridgehead atoms. The monoisotopic (exact) mass is 450 g/mol. The molecule has 2 N–H and O–H groups in total. The van der Waals surface area contributed by atoms with Crippen molar-refractivity contribution in [2.75, 3.05) is 13.6 Å². The lowest BCUT2D eigenvalue weighted by molar-refractivity contribution is 0.360. The van der Waals surface area contributed by atoms with E-state index in [4.69, 9.17) is 4.42 Å². The van der Waals surface area contributed by atoms with Crippen molar-refractivity contribution >= 4 is 29.9 Å². The smallest absolute Gasteiger partial charge is 0.213 e. The number of rotatable bonds is 6. The van der Waals surface area contributed by atoms with Gasteiger partial charge in [0.1, 0.15) is 5.76 Å². The Morgan fingerprint density at radius 3 is 2.29 bits per heavy atom. The average molecular weight is 450 g/mol. The zero-order valence-corrected chi connectivity index (χ0v) is 18.7. The summed E-state index contributed by atoms with van der Waals surface area (Å²) in [5.74, 6) is 2.38. The summed E-state index contributed by atoms with van der Waals surface area (Å²) >= 11 is 0. The Morgan fingerprint density at radius 1 is 1.12 bits per heavy atom. The van der Waals surface area contributed by atoms with Gasteiger partial charge in [0.25, 0.3) is 0 Å². The lowest BCUT2D eigenvalue weighted by Gasteiger charge is -2.18. The molecular formula is C18H35IN4O. The van der Waals surface area contributed by atoms with Gasteiger partial charge in [-0.2, -0.15) is 0 Å². The van der Waals surface area contributed by atoms with E-state index in [1.165, 1.54) is 12.8 Å². The Bertz CT molecular complexity index is 498. The maximum absolute atomic E-state index is 5.77. The SMILES string of the molecule is CN=C(NCCCCC(C)(C)C)NCc1ncc(C(C)(C)C)o1.I. The Kier molecular flexibility index (Phi) is 9.92. The van der Waals surface area contributed by atoms with Crippen molar-refractivity contribution in [2.45, 2.75) is 72.8 Å². The molecule has 140 valence electrons. The van der Waals surface area contributed by atoms with Gasteiger partial charge < -0.3 is 15.1 Å². The van der Waals surface area contributed by atoms with Crippen molar-refractivity contribution in [1.82, 2.24) is 15.6 Å². The number of nitrogens with zero attached hydrogens (tertiary/aromatic N) is 2. The molecule has 0 saturated carbocycles. The predicted octanol–water partition coefficient (Wildman–Crippen LogP) is 4.47. The first-order chi connectivity index (χ1) is 10.6. The minimum absolute atomic E-state index is 0. The molecule has 6 heteroatoms. The molecule has 0 aliphatic carbocycles. The molecule has 0 amide bonds. The fourth-order valence-corrected chi connectivity index (χ4v) is 2.11. The summed E-state index contributed by atoms with van der Waals surface area (Å²) in [4.78, 5) is 8.54. The number of aliphatic imine (C=N–C) groups is 1. The number of halogens is 1. The molecule has 0 unspecified atom stereocenters. The fourth-order valence-electron chi connectivity index (χ4n) is 2.11. The van der Waals surface area contributed by atoms with Crippen LogP contribution >= 0.6 is 24.0 Å². The highest BCUT2D eigenvalue weighted by Crippen LogP contribution is 2.22. The van der Waals surface area contributed by atoms with Crippen molar-refractivity contribution in [1.29, 1.82) is 0 Å². The largest absolute Gasteiger partial charge is 0.443 e. The van der Waals surface area contributed by atoms with Crippen molar-refractivity contribution in [2.24, 2.45) is 10.4 Å². The highest BCUT2D eigenvalue weighted by molar-refractivity contribution is 14.0. The maximum atomic E-state index is 5.77. The van der Waals surface area contributed by atoms with Crippen LogP contribution in [0.15, 0.2) is 15.6 Å². The van der Waals surface area contributed by atoms with Crippen molar-refractivity contribution < 1.29 is 4.42 Å². The van der Waals surface area contributed by atoms with Crippen LogP contribution in [0.3, 0.4) is 0 Å². The minimum atomic E-state index is -0.0156. The van der Waals surface area contributed by atoms with Crippen LogP contribution in [0.1, 0.15) is 72.5 Å². The molecule has 5 nitrogen and oxygen atoms in total. The second-order valence-electron chi connectivity index (χ2n) is 8.24. The van der Waals surface area contributed by atoms with Crippen molar-refractivity contribution in [3.63, 3.8) is 0 Å². The van der Waals surface area contributed by atoms with E-state index < -0.39 is 0 Å². The van der Waals surface area contributed by atoms with Gasteiger partial charge in [0.2, 0.25) is 5.89 Å². The Balaban J connectivity index is 0.00000529. The zero-order chi connectivity index (χ0) is 17.5. The Hall–Kier alpha value is -0.790. The molecule has 1 heterocycles. The molecule has 24 heavy (non-hydrogen) atoms. The summed E-state index contributed by atoms with van der Waals surface area (Å²) in [6.07, 6.45) is 5.42. The van der Waals surface area contributed by atoms with Gasteiger partial charge >= 0.3 is 0 Å². The van der Waals surface area contributed by atoms with Crippen LogP contribution in [0.2, 0.25) is 0 Å². The third kappa shape index (κ3) is 9.49. The molecule has 0 radical (unpaired) electrons. The van der Waals surface area contributed by atoms with Crippen LogP contribution in [-0.4, -0.2) is 24.5 Å². The normalized spacial score (nSPS) is 12.7. The van der Waals surface area contributed by atoms with E-state index in [2.05, 4.69) is 62.2 Å². The van der Waals surface area contributed by atoms with E-state index >= 15 is 0 Å². The summed E-state index contributed by atoms with van der Waals surface area (Å²) in [5, 5.41) is 6.57. The molecule has 0 aliphatic rings. The van der Waals surface area contributed by atoms with E-state index in [0.717, 1.165) is 24.7 Å². The second-order valence-corrected chi connectivity index (χ2v) is 8.24. The summed E-state index contributed by atoms with van der Waals surface area (Å²) in [7, 11) is 1.78. The fraction of sp³-hybridized carbons (Fsp3) is 0.778. The van der Waals surface area contributed by atoms with Crippen LogP contribution in [0.25, 0.3) is 0 Å². The summed E-state index contributed by atoms with van der Waals surface area (Å²) < 4.78 is 5.77. The highest BCUT2D eigenvalue weighted by Gasteiger charge is 2.19. The van der Waals surface area contributed by atoms with Crippen LogP contribution < -0.4 is 10.6 Å². The Morgan fingerprint density at radius 2 is 1.79 bits per heavy atom. The van der Waals surface area contributed by atoms with E-state index in [9.17, 15) is 0 Å². The summed E-state index contributed by atoms with van der Waals surface area (Å²) in [6, 6.07) is 0. The first-order valence-electron chi connectivity index (χ1n) is 8.51. The van der Waals surface area contributed by atoms with Crippen molar-refractivity contribution in [3.05, 3.63) is 17.8 Å². The highest BCUT2D eigenvalue weighted by atomic mass is 127. The molecule has 0 aliphatic heterocycles. The molecule has 1 aromatic heterocycles. The van der Waals surface area contributed by atoms with E-state index in [0.29, 0.717) is 17.9 Å². The van der Waals surface area contributed by atoms with Gasteiger partial charge in [-0.05, 0) is 18.3 Å². The molecule has 0 aromatic carbocycles. The molecular weight excluding hydrogens is 415 g/mol. The van der Waals surface area contributed by atoms with Crippen LogP contribution in [0.4, 0.5) is 0 Å². The summed E-state index contributed by atoms with van der Waals surface area (Å²) in [5.41, 5.74) is 0.397. The molecule has 0 saturated heterocycles. The third-order valence-electron chi connectivity index (χ3n) is 3.57. The number of oxazole rings is 1. The number of hydrogen-bond donors (Lipinski definition) is 2. The first kappa shape index (κ1) is 23.2. The van der Waals surface area contributed by atoms with E-state index in [1.807, 2.05) is 0 Å². The molecule has 0 fully saturated rings. The summed E-state index contributed by atoms with van der Waals surface area (Å²) in [6.45, 7) is 14.6. The lowest BCUT2D eigenvalue weighted by Crippen LogP contribution is -2.37. The van der Waals surface area contributed by atoms with E-state index in [-0.39, 0.29) is 29.4 Å². The average Bonchev–Trinajstić information content (AvgIpc) is 2.89. The first-order valence-corrected chi connectivity index (χ1v) is 8.51. The number of guanidine groups is 1. The van der Waals surface area contributed by atoms with Crippen LogP contribution in [0.5, 0.6) is 0 Å². The van der Waals surface area contributed by atoms with Crippen LogP contribution in [0, 0.1) is 5.41 Å². The predicted molar refractivity (Wildman–Crippen MR) is 112 cm³/mol. The minimum Gasteiger partial charge on any atom is -0.443 e. The van der Waals surface area contributed by atoms with Gasteiger partial charge in [-0.3, -0.25) is 4.99 Å². The topological polar surface area (TPSA) is 62.5 Å². The van der Waals surface area contributed by atoms with E-state index in [1.54, 1.807) is 13.2 Å². The molecule has 1 rings (SSSR count). The second kappa shape index (κ2) is 10.3. The number of nitrogens with one attached hydrogen (secondary N) is 2. The van der Waals surface area contributed by atoms with Gasteiger partial charge in [0.15, 0.2) is 5.96 Å². The van der Waals surface area contributed by atoms with Gasteiger partial charge in [-0.1, -0.05) is 48.0 Å². The zero-order valence-electron chi connectivity index (χ0n) is 16.3. The van der Waals surface area contributed by atoms with Crippen molar-refractivity contribution in [3.8, 4) is 0 Å². The van der Waals surface area contributed by atoms with Gasteiger partial charge in [-0.15, -0.1) is 24.0 Å². The number of unbranched alkanes of at least 4 members (excludes halogenated alkanes) is 1. The number of aromatic nitrogens is 1. The number of hydrogen-bond acceptors (Lipinski definition) is 3. The molecule has 1 aromatic rings. The quantitative estimate of drug-likeness (QED) is 0.291. The third-order valence-corrected chi connectivity index (χ3v) is 3.57. The molecule has 0 atom stereocenters. The maximum Gasteiger partial charge on any atom is 0.213 e. The van der Waals surface area contributed by atoms with Gasteiger partial charge in [0, 0.05) is 19.0 Å². The molecule has 0 spiro atoms. The van der Waals surface area contributed by atoms with Gasteiger partial charge in [-0.25, -0.2) is 4.98 Å². The standard InChI is InChI=1S/C18H34N4O.HI/c1-17(2,3)10-8-9-11-20-16(19-7)22-13-15-21-12-14(23-15)18(4,5)6;/h12H,8-11,13H2,1-7H3,(H2,19,20,22);1H. The lowest BCUT2D eigenvalue weighted by atomic mass is 9.90. The Labute approximate surface area is 164 Å². The van der Waals surface area contributed by atoms with Gasteiger partial charge in [0.05, 0.1) is 12.7 Å².